The lowest BCUT2D eigenvalue weighted by molar-refractivity contribution is -0.138. The van der Waals surface area contributed by atoms with Gasteiger partial charge in [0, 0.05) is 7.11 Å². The Morgan fingerprint density at radius 2 is 2.00 bits per heavy atom. The number of nitrogens with two attached hydrogens (primary N) is 1. The Bertz CT molecular complexity index is 364. The maximum Gasteiger partial charge on any atom is 0.416 e. The van der Waals surface area contributed by atoms with Crippen LogP contribution in [0.1, 0.15) is 17.2 Å². The Balaban J connectivity index is 3.18. The van der Waals surface area contributed by atoms with Crippen molar-refractivity contribution in [3.63, 3.8) is 0 Å². The second kappa shape index (κ2) is 4.80. The molecule has 1 aromatic rings. The van der Waals surface area contributed by atoms with Crippen molar-refractivity contribution in [3.05, 3.63) is 35.1 Å². The van der Waals surface area contributed by atoms with Gasteiger partial charge in [-0.05, 0) is 17.7 Å². The zero-order valence-corrected chi connectivity index (χ0v) is 8.51. The molecule has 90 valence electrons. The molecular formula is C10H11F4NO. The van der Waals surface area contributed by atoms with Gasteiger partial charge in [0.25, 0.3) is 0 Å². The first kappa shape index (κ1) is 12.9. The van der Waals surface area contributed by atoms with Gasteiger partial charge in [0.05, 0.1) is 18.2 Å². The van der Waals surface area contributed by atoms with Crippen molar-refractivity contribution in [1.82, 2.24) is 0 Å². The Kier molecular flexibility index (Phi) is 3.88. The molecule has 1 atom stereocenters. The van der Waals surface area contributed by atoms with Gasteiger partial charge >= 0.3 is 6.18 Å². The molecule has 0 spiro atoms. The van der Waals surface area contributed by atoms with Gasteiger partial charge in [-0.15, -0.1) is 0 Å². The molecule has 0 amide bonds. The fourth-order valence-electron chi connectivity index (χ4n) is 1.37. The lowest BCUT2D eigenvalue weighted by atomic mass is 10.0. The number of benzene rings is 1. The Morgan fingerprint density at radius 1 is 1.38 bits per heavy atom. The van der Waals surface area contributed by atoms with Gasteiger partial charge in [0.15, 0.2) is 0 Å². The summed E-state index contributed by atoms with van der Waals surface area (Å²) in [5.74, 6) is -0.944. The van der Waals surface area contributed by atoms with E-state index in [0.717, 1.165) is 12.1 Å². The molecule has 1 aromatic carbocycles. The third-order valence-electron chi connectivity index (χ3n) is 2.07. The molecule has 6 heteroatoms. The number of ether oxygens (including phenoxy) is 1. The molecule has 0 radical (unpaired) electrons. The Labute approximate surface area is 90.0 Å². The monoisotopic (exact) mass is 237 g/mol. The zero-order valence-electron chi connectivity index (χ0n) is 8.51. The highest BCUT2D eigenvalue weighted by Crippen LogP contribution is 2.34. The molecule has 0 aromatic heterocycles. The lowest BCUT2D eigenvalue weighted by Crippen LogP contribution is -2.21. The summed E-state index contributed by atoms with van der Waals surface area (Å²) in [7, 11) is 1.33. The van der Waals surface area contributed by atoms with E-state index in [0.29, 0.717) is 6.07 Å². The molecule has 0 bridgehead atoms. The van der Waals surface area contributed by atoms with Crippen molar-refractivity contribution in [2.24, 2.45) is 5.73 Å². The first-order valence-corrected chi connectivity index (χ1v) is 4.47. The van der Waals surface area contributed by atoms with E-state index in [2.05, 4.69) is 4.74 Å². The van der Waals surface area contributed by atoms with Crippen LogP contribution < -0.4 is 5.73 Å². The van der Waals surface area contributed by atoms with Crippen molar-refractivity contribution in [2.45, 2.75) is 12.2 Å². The number of hydrogen-bond donors (Lipinski definition) is 1. The normalized spacial score (nSPS) is 13.9. The number of hydrogen-bond acceptors (Lipinski definition) is 2. The largest absolute Gasteiger partial charge is 0.416 e. The average molecular weight is 237 g/mol. The SMILES string of the molecule is COC[C@H](N)c1ccc(F)cc1C(F)(F)F. The maximum absolute atomic E-state index is 12.8. The molecule has 0 aliphatic heterocycles. The van der Waals surface area contributed by atoms with Crippen molar-refractivity contribution in [1.29, 1.82) is 0 Å². The average Bonchev–Trinajstić information content (AvgIpc) is 2.16. The van der Waals surface area contributed by atoms with Crippen molar-refractivity contribution >= 4 is 0 Å². The van der Waals surface area contributed by atoms with E-state index in [9.17, 15) is 17.6 Å². The minimum atomic E-state index is -4.62. The van der Waals surface area contributed by atoms with Gasteiger partial charge < -0.3 is 10.5 Å². The van der Waals surface area contributed by atoms with E-state index in [1.807, 2.05) is 0 Å². The van der Waals surface area contributed by atoms with Crippen LogP contribution in [0.5, 0.6) is 0 Å². The number of alkyl halides is 3. The fourth-order valence-corrected chi connectivity index (χ4v) is 1.37. The molecular weight excluding hydrogens is 226 g/mol. The molecule has 1 rings (SSSR count). The molecule has 0 fully saturated rings. The summed E-state index contributed by atoms with van der Waals surface area (Å²) < 4.78 is 55.1. The number of halogens is 4. The summed E-state index contributed by atoms with van der Waals surface area (Å²) in [6.07, 6.45) is -4.62. The van der Waals surface area contributed by atoms with E-state index in [-0.39, 0.29) is 12.2 Å². The molecule has 0 saturated carbocycles. The minimum absolute atomic E-state index is 0.0608. The van der Waals surface area contributed by atoms with Crippen LogP contribution in [-0.2, 0) is 10.9 Å². The fraction of sp³-hybridized carbons (Fsp3) is 0.400. The minimum Gasteiger partial charge on any atom is -0.383 e. The first-order valence-electron chi connectivity index (χ1n) is 4.47. The van der Waals surface area contributed by atoms with E-state index in [1.54, 1.807) is 0 Å². The highest BCUT2D eigenvalue weighted by atomic mass is 19.4. The number of methoxy groups -OCH3 is 1. The molecule has 2 nitrogen and oxygen atoms in total. The summed E-state index contributed by atoms with van der Waals surface area (Å²) in [4.78, 5) is 0. The van der Waals surface area contributed by atoms with Crippen molar-refractivity contribution < 1.29 is 22.3 Å². The third-order valence-corrected chi connectivity index (χ3v) is 2.07. The quantitative estimate of drug-likeness (QED) is 0.820. The van der Waals surface area contributed by atoms with Crippen molar-refractivity contribution in [2.75, 3.05) is 13.7 Å². The Morgan fingerprint density at radius 3 is 2.50 bits per heavy atom. The van der Waals surface area contributed by atoms with Crippen LogP contribution in [0.2, 0.25) is 0 Å². The summed E-state index contributed by atoms with van der Waals surface area (Å²) in [6.45, 7) is -0.0608. The van der Waals surface area contributed by atoms with E-state index < -0.39 is 23.6 Å². The van der Waals surface area contributed by atoms with Crippen LogP contribution in [0.3, 0.4) is 0 Å². The van der Waals surface area contributed by atoms with E-state index >= 15 is 0 Å². The molecule has 0 unspecified atom stereocenters. The van der Waals surface area contributed by atoms with Crippen LogP contribution in [0, 0.1) is 5.82 Å². The topological polar surface area (TPSA) is 35.2 Å². The van der Waals surface area contributed by atoms with Crippen LogP contribution in [-0.4, -0.2) is 13.7 Å². The second-order valence-electron chi connectivity index (χ2n) is 3.29. The predicted molar refractivity (Wildman–Crippen MR) is 50.2 cm³/mol. The summed E-state index contributed by atoms with van der Waals surface area (Å²) in [5, 5.41) is 0. The molecule has 2 N–H and O–H groups in total. The van der Waals surface area contributed by atoms with E-state index in [4.69, 9.17) is 5.73 Å². The van der Waals surface area contributed by atoms with Crippen LogP contribution in [0.15, 0.2) is 18.2 Å². The molecule has 16 heavy (non-hydrogen) atoms. The summed E-state index contributed by atoms with van der Waals surface area (Å²) in [6, 6.07) is 1.48. The molecule has 0 aliphatic carbocycles. The molecule has 0 heterocycles. The Hall–Kier alpha value is -1.14. The number of rotatable bonds is 3. The van der Waals surface area contributed by atoms with Gasteiger partial charge in [-0.25, -0.2) is 4.39 Å². The van der Waals surface area contributed by atoms with Gasteiger partial charge in [0.1, 0.15) is 5.82 Å². The van der Waals surface area contributed by atoms with Gasteiger partial charge in [0.2, 0.25) is 0 Å². The zero-order chi connectivity index (χ0) is 12.3. The molecule has 0 aliphatic rings. The predicted octanol–water partition coefficient (Wildman–Crippen LogP) is 2.49. The van der Waals surface area contributed by atoms with Gasteiger partial charge in [-0.1, -0.05) is 6.07 Å². The van der Waals surface area contributed by atoms with E-state index in [1.165, 1.54) is 7.11 Å². The van der Waals surface area contributed by atoms with Gasteiger partial charge in [-0.3, -0.25) is 0 Å². The summed E-state index contributed by atoms with van der Waals surface area (Å²) in [5.41, 5.74) is 4.28. The van der Waals surface area contributed by atoms with Crippen molar-refractivity contribution in [3.8, 4) is 0 Å². The standard InChI is InChI=1S/C10H11F4NO/c1-16-5-9(15)7-3-2-6(11)4-8(7)10(12,13)14/h2-4,9H,5,15H2,1H3/t9-/m0/s1. The van der Waals surface area contributed by atoms with Crippen LogP contribution >= 0.6 is 0 Å². The molecule has 0 saturated heterocycles. The van der Waals surface area contributed by atoms with Crippen LogP contribution in [0.25, 0.3) is 0 Å². The highest BCUT2D eigenvalue weighted by molar-refractivity contribution is 5.33. The highest BCUT2D eigenvalue weighted by Gasteiger charge is 2.35. The first-order chi connectivity index (χ1) is 7.36. The maximum atomic E-state index is 12.8. The lowest BCUT2D eigenvalue weighted by Gasteiger charge is -2.17. The van der Waals surface area contributed by atoms with Gasteiger partial charge in [-0.2, -0.15) is 13.2 Å². The third kappa shape index (κ3) is 2.93. The van der Waals surface area contributed by atoms with Crippen LogP contribution in [0.4, 0.5) is 17.6 Å². The smallest absolute Gasteiger partial charge is 0.383 e. The summed E-state index contributed by atoms with van der Waals surface area (Å²) >= 11 is 0. The second-order valence-corrected chi connectivity index (χ2v) is 3.29.